The van der Waals surface area contributed by atoms with Crippen molar-refractivity contribution in [2.45, 2.75) is 0 Å². The van der Waals surface area contributed by atoms with Crippen LogP contribution in [-0.4, -0.2) is 21.1 Å². The van der Waals surface area contributed by atoms with Gasteiger partial charge in [-0.1, -0.05) is 6.07 Å². The van der Waals surface area contributed by atoms with Crippen molar-refractivity contribution in [3.05, 3.63) is 30.1 Å². The first-order chi connectivity index (χ1) is 7.20. The Morgan fingerprint density at radius 1 is 1.40 bits per heavy atom. The van der Waals surface area contributed by atoms with E-state index in [0.717, 1.165) is 0 Å². The van der Waals surface area contributed by atoms with Gasteiger partial charge < -0.3 is 11.5 Å². The zero-order valence-electron chi connectivity index (χ0n) is 7.77. The second-order valence-electron chi connectivity index (χ2n) is 2.94. The van der Waals surface area contributed by atoms with E-state index in [1.165, 1.54) is 0 Å². The molecule has 5 N–H and O–H groups in total. The van der Waals surface area contributed by atoms with Gasteiger partial charge in [0.25, 0.3) is 5.91 Å². The summed E-state index contributed by atoms with van der Waals surface area (Å²) < 4.78 is 0. The third-order valence-electron chi connectivity index (χ3n) is 1.95. The molecule has 0 fully saturated rings. The number of anilines is 1. The van der Waals surface area contributed by atoms with Crippen molar-refractivity contribution < 1.29 is 4.79 Å². The standard InChI is InChI=1S/C9H9N5O/c10-8-6(5-3-1-2-4-12-5)7(9(11)15)13-14-8/h1-4H,(H2,11,15)(H3,10,13,14). The predicted molar refractivity (Wildman–Crippen MR) is 54.7 cm³/mol. The van der Waals surface area contributed by atoms with Gasteiger partial charge in [-0.25, -0.2) is 0 Å². The lowest BCUT2D eigenvalue weighted by Crippen LogP contribution is -2.13. The molecule has 6 nitrogen and oxygen atoms in total. The molecule has 0 saturated carbocycles. The van der Waals surface area contributed by atoms with Crippen LogP contribution >= 0.6 is 0 Å². The van der Waals surface area contributed by atoms with Crippen molar-refractivity contribution in [3.8, 4) is 11.3 Å². The summed E-state index contributed by atoms with van der Waals surface area (Å²) in [6, 6.07) is 5.29. The molecule has 0 aromatic carbocycles. The van der Waals surface area contributed by atoms with E-state index in [4.69, 9.17) is 11.5 Å². The minimum Gasteiger partial charge on any atom is -0.383 e. The van der Waals surface area contributed by atoms with Crippen molar-refractivity contribution in [1.82, 2.24) is 15.2 Å². The maximum atomic E-state index is 11.1. The van der Waals surface area contributed by atoms with Gasteiger partial charge in [0.1, 0.15) is 5.82 Å². The predicted octanol–water partition coefficient (Wildman–Crippen LogP) is 0.153. The Kier molecular flexibility index (Phi) is 2.09. The molecule has 0 atom stereocenters. The van der Waals surface area contributed by atoms with Gasteiger partial charge in [-0.15, -0.1) is 0 Å². The summed E-state index contributed by atoms with van der Waals surface area (Å²) in [5.41, 5.74) is 11.9. The molecule has 2 aromatic heterocycles. The van der Waals surface area contributed by atoms with Crippen LogP contribution in [0.2, 0.25) is 0 Å². The van der Waals surface area contributed by atoms with E-state index in [2.05, 4.69) is 15.2 Å². The van der Waals surface area contributed by atoms with E-state index in [1.807, 2.05) is 0 Å². The van der Waals surface area contributed by atoms with E-state index in [1.54, 1.807) is 24.4 Å². The summed E-state index contributed by atoms with van der Waals surface area (Å²) in [5.74, 6) is -0.355. The molecule has 0 aliphatic heterocycles. The number of amides is 1. The van der Waals surface area contributed by atoms with E-state index < -0.39 is 5.91 Å². The first kappa shape index (κ1) is 9.20. The minimum absolute atomic E-state index is 0.103. The average Bonchev–Trinajstić information content (AvgIpc) is 2.61. The molecule has 1 amide bonds. The van der Waals surface area contributed by atoms with Crippen molar-refractivity contribution in [3.63, 3.8) is 0 Å². The molecule has 2 rings (SSSR count). The monoisotopic (exact) mass is 203 g/mol. The van der Waals surface area contributed by atoms with E-state index >= 15 is 0 Å². The lowest BCUT2D eigenvalue weighted by molar-refractivity contribution is 0.0996. The van der Waals surface area contributed by atoms with Gasteiger partial charge in [0.2, 0.25) is 0 Å². The zero-order valence-corrected chi connectivity index (χ0v) is 7.77. The molecule has 2 heterocycles. The van der Waals surface area contributed by atoms with Crippen LogP contribution in [-0.2, 0) is 0 Å². The maximum absolute atomic E-state index is 11.1. The third kappa shape index (κ3) is 1.52. The SMILES string of the molecule is NC(=O)c1n[nH]c(N)c1-c1ccccn1. The van der Waals surface area contributed by atoms with Gasteiger partial charge >= 0.3 is 0 Å². The minimum atomic E-state index is -0.636. The van der Waals surface area contributed by atoms with Gasteiger partial charge in [0.15, 0.2) is 5.69 Å². The number of nitrogen functional groups attached to an aromatic ring is 1. The van der Waals surface area contributed by atoms with Crippen LogP contribution in [0.3, 0.4) is 0 Å². The lowest BCUT2D eigenvalue weighted by atomic mass is 10.1. The summed E-state index contributed by atoms with van der Waals surface area (Å²) in [6.07, 6.45) is 1.60. The molecule has 15 heavy (non-hydrogen) atoms. The molecule has 0 saturated heterocycles. The Balaban J connectivity index is 2.62. The number of pyridine rings is 1. The number of carbonyl (C=O) groups is 1. The van der Waals surface area contributed by atoms with Crippen molar-refractivity contribution in [1.29, 1.82) is 0 Å². The van der Waals surface area contributed by atoms with Gasteiger partial charge in [-0.2, -0.15) is 5.10 Å². The number of aromatic nitrogens is 3. The molecule has 0 spiro atoms. The number of nitrogens with two attached hydrogens (primary N) is 2. The van der Waals surface area contributed by atoms with Crippen molar-refractivity contribution >= 4 is 11.7 Å². The molecule has 76 valence electrons. The number of aromatic amines is 1. The Hall–Kier alpha value is -2.37. The van der Waals surface area contributed by atoms with Crippen LogP contribution in [0.25, 0.3) is 11.3 Å². The van der Waals surface area contributed by atoms with Crippen LogP contribution in [0.15, 0.2) is 24.4 Å². The molecular weight excluding hydrogens is 194 g/mol. The molecular formula is C9H9N5O. The van der Waals surface area contributed by atoms with Crippen LogP contribution in [0.4, 0.5) is 5.82 Å². The Bertz CT molecular complexity index is 490. The number of carbonyl (C=O) groups excluding carboxylic acids is 1. The molecule has 0 aliphatic rings. The first-order valence-corrected chi connectivity index (χ1v) is 4.25. The first-order valence-electron chi connectivity index (χ1n) is 4.25. The lowest BCUT2D eigenvalue weighted by Gasteiger charge is -1.99. The number of H-pyrrole nitrogens is 1. The molecule has 0 aliphatic carbocycles. The topological polar surface area (TPSA) is 111 Å². The highest BCUT2D eigenvalue weighted by Gasteiger charge is 2.17. The van der Waals surface area contributed by atoms with E-state index in [-0.39, 0.29) is 11.5 Å². The van der Waals surface area contributed by atoms with Gasteiger partial charge in [0, 0.05) is 6.20 Å². The Labute approximate surface area is 85.3 Å². The number of nitrogens with one attached hydrogen (secondary N) is 1. The van der Waals surface area contributed by atoms with Crippen LogP contribution in [0, 0.1) is 0 Å². The van der Waals surface area contributed by atoms with Crippen molar-refractivity contribution in [2.75, 3.05) is 5.73 Å². The highest BCUT2D eigenvalue weighted by atomic mass is 16.1. The van der Waals surface area contributed by atoms with E-state index in [9.17, 15) is 4.79 Å². The van der Waals surface area contributed by atoms with Crippen LogP contribution in [0.5, 0.6) is 0 Å². The number of hydrogen-bond acceptors (Lipinski definition) is 4. The summed E-state index contributed by atoms with van der Waals surface area (Å²) in [7, 11) is 0. The number of primary amides is 1. The normalized spacial score (nSPS) is 10.1. The quantitative estimate of drug-likeness (QED) is 0.645. The van der Waals surface area contributed by atoms with E-state index in [0.29, 0.717) is 11.3 Å². The molecule has 0 unspecified atom stereocenters. The van der Waals surface area contributed by atoms with Crippen LogP contribution < -0.4 is 11.5 Å². The summed E-state index contributed by atoms with van der Waals surface area (Å²) in [6.45, 7) is 0. The largest absolute Gasteiger partial charge is 0.383 e. The smallest absolute Gasteiger partial charge is 0.269 e. The Morgan fingerprint density at radius 2 is 2.20 bits per heavy atom. The summed E-state index contributed by atoms with van der Waals surface area (Å²) in [5, 5.41) is 6.23. The molecule has 0 bridgehead atoms. The zero-order chi connectivity index (χ0) is 10.8. The average molecular weight is 203 g/mol. The fraction of sp³-hybridized carbons (Fsp3) is 0. The van der Waals surface area contributed by atoms with Gasteiger partial charge in [-0.05, 0) is 12.1 Å². The molecule has 0 radical (unpaired) electrons. The number of nitrogens with zero attached hydrogens (tertiary/aromatic N) is 2. The summed E-state index contributed by atoms with van der Waals surface area (Å²) in [4.78, 5) is 15.1. The second-order valence-corrected chi connectivity index (χ2v) is 2.94. The van der Waals surface area contributed by atoms with Crippen LogP contribution in [0.1, 0.15) is 10.5 Å². The van der Waals surface area contributed by atoms with Gasteiger partial charge in [-0.3, -0.25) is 14.9 Å². The third-order valence-corrected chi connectivity index (χ3v) is 1.95. The second kappa shape index (κ2) is 3.41. The van der Waals surface area contributed by atoms with Crippen molar-refractivity contribution in [2.24, 2.45) is 5.73 Å². The Morgan fingerprint density at radius 3 is 2.80 bits per heavy atom. The number of rotatable bonds is 2. The fourth-order valence-corrected chi connectivity index (χ4v) is 1.30. The van der Waals surface area contributed by atoms with Gasteiger partial charge in [0.05, 0.1) is 11.3 Å². The molecule has 6 heteroatoms. The number of hydrogen-bond donors (Lipinski definition) is 3. The fourth-order valence-electron chi connectivity index (χ4n) is 1.30. The molecule has 2 aromatic rings. The highest BCUT2D eigenvalue weighted by molar-refractivity contribution is 6.00. The maximum Gasteiger partial charge on any atom is 0.269 e. The highest BCUT2D eigenvalue weighted by Crippen LogP contribution is 2.25. The summed E-state index contributed by atoms with van der Waals surface area (Å²) >= 11 is 0.